The van der Waals surface area contributed by atoms with Gasteiger partial charge in [-0.15, -0.1) is 0 Å². The molecule has 1 aliphatic rings. The van der Waals surface area contributed by atoms with Gasteiger partial charge in [0, 0.05) is 13.0 Å². The van der Waals surface area contributed by atoms with E-state index in [2.05, 4.69) is 13.8 Å². The first-order valence-corrected chi connectivity index (χ1v) is 9.76. The highest BCUT2D eigenvalue weighted by molar-refractivity contribution is 6.09. The van der Waals surface area contributed by atoms with Crippen molar-refractivity contribution in [3.05, 3.63) is 46.7 Å². The summed E-state index contributed by atoms with van der Waals surface area (Å²) in [5.74, 6) is -0.738. The molecule has 1 aromatic rings. The van der Waals surface area contributed by atoms with Crippen molar-refractivity contribution < 1.29 is 14.7 Å². The minimum atomic E-state index is -0.475. The van der Waals surface area contributed by atoms with E-state index in [1.807, 2.05) is 38.1 Å². The molecule has 0 fully saturated rings. The Bertz CT molecular complexity index is 673. The van der Waals surface area contributed by atoms with Gasteiger partial charge in [0.05, 0.1) is 11.6 Å². The summed E-state index contributed by atoms with van der Waals surface area (Å²) in [7, 11) is 0. The first-order valence-electron chi connectivity index (χ1n) is 9.76. The third-order valence-electron chi connectivity index (χ3n) is 4.90. The Labute approximate surface area is 156 Å². The number of nitrogens with zero attached hydrogens (tertiary/aromatic N) is 1. The molecule has 4 heteroatoms. The molecule has 1 N–H and O–H groups in total. The Hall–Kier alpha value is -2.10. The molecule has 0 aliphatic carbocycles. The van der Waals surface area contributed by atoms with E-state index < -0.39 is 11.9 Å². The highest BCUT2D eigenvalue weighted by Gasteiger charge is 2.42. The van der Waals surface area contributed by atoms with Crippen LogP contribution in [0.15, 0.2) is 35.6 Å². The van der Waals surface area contributed by atoms with E-state index in [1.165, 1.54) is 5.56 Å². The maximum Gasteiger partial charge on any atom is 0.290 e. The van der Waals surface area contributed by atoms with Crippen LogP contribution in [-0.2, 0) is 16.0 Å². The van der Waals surface area contributed by atoms with E-state index in [1.54, 1.807) is 4.90 Å². The van der Waals surface area contributed by atoms with Gasteiger partial charge in [-0.25, -0.2) is 0 Å². The van der Waals surface area contributed by atoms with Crippen molar-refractivity contribution in [2.75, 3.05) is 6.54 Å². The summed E-state index contributed by atoms with van der Waals surface area (Å²) in [6.45, 7) is 8.69. The van der Waals surface area contributed by atoms with Crippen molar-refractivity contribution in [2.24, 2.45) is 5.92 Å². The van der Waals surface area contributed by atoms with Gasteiger partial charge in [0.15, 0.2) is 11.5 Å². The average molecular weight is 357 g/mol. The maximum atomic E-state index is 12.8. The van der Waals surface area contributed by atoms with Crippen molar-refractivity contribution in [1.82, 2.24) is 4.90 Å². The number of rotatable bonds is 9. The van der Waals surface area contributed by atoms with Crippen LogP contribution in [0.4, 0.5) is 0 Å². The first kappa shape index (κ1) is 20.2. The van der Waals surface area contributed by atoms with Gasteiger partial charge in [-0.1, -0.05) is 64.8 Å². The van der Waals surface area contributed by atoms with Crippen LogP contribution in [-0.4, -0.2) is 28.2 Å². The highest BCUT2D eigenvalue weighted by atomic mass is 16.3. The third-order valence-corrected chi connectivity index (χ3v) is 4.90. The molecule has 0 spiro atoms. The lowest BCUT2D eigenvalue weighted by Crippen LogP contribution is -2.32. The number of hydrogen-bond donors (Lipinski definition) is 1. The topological polar surface area (TPSA) is 57.6 Å². The van der Waals surface area contributed by atoms with Gasteiger partial charge in [-0.05, 0) is 29.9 Å². The number of hydrogen-bond acceptors (Lipinski definition) is 3. The van der Waals surface area contributed by atoms with Crippen molar-refractivity contribution in [3.8, 4) is 0 Å². The van der Waals surface area contributed by atoms with Crippen molar-refractivity contribution in [3.63, 3.8) is 0 Å². The van der Waals surface area contributed by atoms with E-state index in [0.29, 0.717) is 13.0 Å². The lowest BCUT2D eigenvalue weighted by Gasteiger charge is -2.27. The first-order chi connectivity index (χ1) is 12.4. The van der Waals surface area contributed by atoms with Crippen LogP contribution >= 0.6 is 0 Å². The van der Waals surface area contributed by atoms with Gasteiger partial charge in [0.25, 0.3) is 5.91 Å². The van der Waals surface area contributed by atoms with Crippen LogP contribution in [0, 0.1) is 5.92 Å². The van der Waals surface area contributed by atoms with Crippen LogP contribution in [0.2, 0.25) is 0 Å². The van der Waals surface area contributed by atoms with Crippen LogP contribution in [0.3, 0.4) is 0 Å². The smallest absolute Gasteiger partial charge is 0.290 e. The van der Waals surface area contributed by atoms with E-state index in [0.717, 1.165) is 31.2 Å². The predicted octanol–water partition coefficient (Wildman–Crippen LogP) is 4.75. The van der Waals surface area contributed by atoms with Gasteiger partial charge >= 0.3 is 0 Å². The Kier molecular flexibility index (Phi) is 7.01. The monoisotopic (exact) mass is 357 g/mol. The molecule has 0 saturated carbocycles. The normalized spacial score (nSPS) is 17.5. The molecule has 1 amide bonds. The summed E-state index contributed by atoms with van der Waals surface area (Å²) in [6, 6.07) is 7.54. The zero-order valence-electron chi connectivity index (χ0n) is 16.4. The number of carbonyl (C=O) groups excluding carboxylic acids is 2. The van der Waals surface area contributed by atoms with Crippen LogP contribution in [0.25, 0.3) is 0 Å². The second kappa shape index (κ2) is 9.02. The molecule has 142 valence electrons. The number of aryl methyl sites for hydroxylation is 1. The van der Waals surface area contributed by atoms with Gasteiger partial charge in [-0.2, -0.15) is 0 Å². The molecule has 4 nitrogen and oxygen atoms in total. The van der Waals surface area contributed by atoms with E-state index >= 15 is 0 Å². The zero-order chi connectivity index (χ0) is 19.3. The van der Waals surface area contributed by atoms with Gasteiger partial charge < -0.3 is 10.0 Å². The number of unbranched alkanes of at least 4 members (excludes halogenated alkanes) is 2. The summed E-state index contributed by atoms with van der Waals surface area (Å²) in [6.07, 6.45) is 4.20. The SMILES string of the molecule is CCCCCN1C(=O)C(O)=C(C(=O)CC(C)C)C1c1ccc(CC)cc1. The minimum absolute atomic E-state index is 0.131. The molecule has 2 rings (SSSR count). The van der Waals surface area contributed by atoms with E-state index in [9.17, 15) is 14.7 Å². The molecule has 0 bridgehead atoms. The van der Waals surface area contributed by atoms with E-state index in [-0.39, 0.29) is 23.0 Å². The number of amides is 1. The molecule has 0 radical (unpaired) electrons. The number of aliphatic hydroxyl groups excluding tert-OH is 1. The number of benzene rings is 1. The Morgan fingerprint density at radius 2 is 1.81 bits per heavy atom. The molecule has 1 atom stereocenters. The quantitative estimate of drug-likeness (QED) is 0.649. The molecule has 0 saturated heterocycles. The highest BCUT2D eigenvalue weighted by Crippen LogP contribution is 2.38. The van der Waals surface area contributed by atoms with Gasteiger partial charge in [0.1, 0.15) is 0 Å². The summed E-state index contributed by atoms with van der Waals surface area (Å²) in [5.41, 5.74) is 2.37. The lowest BCUT2D eigenvalue weighted by molar-refractivity contribution is -0.129. The molecular weight excluding hydrogens is 326 g/mol. The van der Waals surface area contributed by atoms with Crippen molar-refractivity contribution in [1.29, 1.82) is 0 Å². The second-order valence-electron chi connectivity index (χ2n) is 7.49. The fourth-order valence-corrected chi connectivity index (χ4v) is 3.46. The molecule has 1 aliphatic heterocycles. The van der Waals surface area contributed by atoms with Crippen molar-refractivity contribution in [2.45, 2.75) is 65.8 Å². The summed E-state index contributed by atoms with van der Waals surface area (Å²) in [5, 5.41) is 10.5. The third kappa shape index (κ3) is 4.35. The van der Waals surface area contributed by atoms with Gasteiger partial charge in [-0.3, -0.25) is 9.59 Å². The molecular formula is C22H31NO3. The Morgan fingerprint density at radius 1 is 1.15 bits per heavy atom. The number of carbonyl (C=O) groups is 2. The van der Waals surface area contributed by atoms with Crippen LogP contribution in [0.5, 0.6) is 0 Å². The summed E-state index contributed by atoms with van der Waals surface area (Å²) < 4.78 is 0. The number of aliphatic hydroxyl groups is 1. The molecule has 26 heavy (non-hydrogen) atoms. The fourth-order valence-electron chi connectivity index (χ4n) is 3.46. The number of Topliss-reactive ketones (excluding diaryl/α,β-unsaturated/α-hetero) is 1. The lowest BCUT2D eigenvalue weighted by atomic mass is 9.91. The molecule has 1 unspecified atom stereocenters. The summed E-state index contributed by atoms with van der Waals surface area (Å²) >= 11 is 0. The van der Waals surface area contributed by atoms with Crippen LogP contribution < -0.4 is 0 Å². The molecule has 0 aromatic heterocycles. The Balaban J connectivity index is 2.40. The predicted molar refractivity (Wildman–Crippen MR) is 104 cm³/mol. The molecule has 1 heterocycles. The van der Waals surface area contributed by atoms with Crippen LogP contribution in [0.1, 0.15) is 70.5 Å². The van der Waals surface area contributed by atoms with E-state index in [4.69, 9.17) is 0 Å². The Morgan fingerprint density at radius 3 is 2.35 bits per heavy atom. The standard InChI is InChI=1S/C22H31NO3/c1-5-7-8-13-23-20(17-11-9-16(6-2)10-12-17)19(21(25)22(23)26)18(24)14-15(3)4/h9-12,15,20,25H,5-8,13-14H2,1-4H3. The minimum Gasteiger partial charge on any atom is -0.503 e. The maximum absolute atomic E-state index is 12.8. The average Bonchev–Trinajstić information content (AvgIpc) is 2.86. The summed E-state index contributed by atoms with van der Waals surface area (Å²) in [4.78, 5) is 27.1. The largest absolute Gasteiger partial charge is 0.503 e. The van der Waals surface area contributed by atoms with Crippen molar-refractivity contribution >= 4 is 11.7 Å². The number of ketones is 1. The fraction of sp³-hybridized carbons (Fsp3) is 0.545. The van der Waals surface area contributed by atoms with Gasteiger partial charge in [0.2, 0.25) is 0 Å². The molecule has 1 aromatic carbocycles. The zero-order valence-corrected chi connectivity index (χ0v) is 16.4. The second-order valence-corrected chi connectivity index (χ2v) is 7.49.